The Hall–Kier alpha value is -1.89. The van der Waals surface area contributed by atoms with Crippen LogP contribution in [0, 0.1) is 6.92 Å². The van der Waals surface area contributed by atoms with Gasteiger partial charge in [-0.15, -0.1) is 21.5 Å². The van der Waals surface area contributed by atoms with Crippen molar-refractivity contribution < 1.29 is 0 Å². The largest absolute Gasteiger partial charge is 0.356 e. The third-order valence-corrected chi connectivity index (χ3v) is 5.46. The molecule has 1 aliphatic rings. The van der Waals surface area contributed by atoms with Crippen molar-refractivity contribution >= 4 is 17.3 Å². The van der Waals surface area contributed by atoms with Gasteiger partial charge in [0.2, 0.25) is 0 Å². The summed E-state index contributed by atoms with van der Waals surface area (Å²) in [5.41, 5.74) is 1.33. The first-order chi connectivity index (χ1) is 11.8. The van der Waals surface area contributed by atoms with Gasteiger partial charge in [0, 0.05) is 37.9 Å². The van der Waals surface area contributed by atoms with Crippen molar-refractivity contribution in [1.29, 1.82) is 0 Å². The van der Waals surface area contributed by atoms with Crippen LogP contribution in [-0.4, -0.2) is 34.3 Å². The highest BCUT2D eigenvalue weighted by molar-refractivity contribution is 7.10. The first kappa shape index (κ1) is 17.0. The molecule has 0 radical (unpaired) electrons. The second kappa shape index (κ2) is 8.28. The number of nitrogens with one attached hydrogen (secondary N) is 2. The first-order valence-corrected chi connectivity index (χ1v) is 9.54. The van der Waals surface area contributed by atoms with Gasteiger partial charge in [-0.1, -0.05) is 6.42 Å². The quantitative estimate of drug-likeness (QED) is 0.644. The van der Waals surface area contributed by atoms with E-state index in [0.29, 0.717) is 0 Å². The van der Waals surface area contributed by atoms with E-state index in [2.05, 4.69) is 48.8 Å². The molecule has 2 N–H and O–H groups in total. The third kappa shape index (κ3) is 4.14. The number of aromatic nitrogens is 3. The average molecular weight is 347 g/mol. The number of thiophene rings is 1. The van der Waals surface area contributed by atoms with Crippen LogP contribution in [0.2, 0.25) is 0 Å². The number of rotatable bonds is 5. The van der Waals surface area contributed by atoms with Crippen LogP contribution in [0.4, 0.5) is 0 Å². The number of hydrogen-bond donors (Lipinski definition) is 2. The van der Waals surface area contributed by atoms with Crippen molar-refractivity contribution in [1.82, 2.24) is 25.4 Å². The second-order valence-electron chi connectivity index (χ2n) is 6.12. The molecule has 0 bridgehead atoms. The molecule has 2 aromatic heterocycles. The lowest BCUT2D eigenvalue weighted by Crippen LogP contribution is -2.38. The molecule has 24 heavy (non-hydrogen) atoms. The Morgan fingerprint density at radius 2 is 2.21 bits per heavy atom. The SMILES string of the molecule is CN=C(NCCc1nnc2n1CCCCC2)NCc1sccc1C. The van der Waals surface area contributed by atoms with E-state index in [1.165, 1.54) is 29.7 Å². The highest BCUT2D eigenvalue weighted by Crippen LogP contribution is 2.15. The van der Waals surface area contributed by atoms with Gasteiger partial charge in [-0.2, -0.15) is 0 Å². The fraction of sp³-hybridized carbons (Fsp3) is 0.588. The molecule has 0 atom stereocenters. The predicted molar refractivity (Wildman–Crippen MR) is 98.5 cm³/mol. The van der Waals surface area contributed by atoms with Gasteiger partial charge in [0.15, 0.2) is 5.96 Å². The normalized spacial score (nSPS) is 15.0. The summed E-state index contributed by atoms with van der Waals surface area (Å²) in [6.45, 7) is 4.81. The van der Waals surface area contributed by atoms with Crippen molar-refractivity contribution in [3.8, 4) is 0 Å². The monoisotopic (exact) mass is 346 g/mol. The summed E-state index contributed by atoms with van der Waals surface area (Å²) in [5.74, 6) is 3.07. The minimum Gasteiger partial charge on any atom is -0.356 e. The summed E-state index contributed by atoms with van der Waals surface area (Å²) in [4.78, 5) is 5.64. The third-order valence-electron chi connectivity index (χ3n) is 4.44. The molecule has 1 aliphatic heterocycles. The number of hydrogen-bond acceptors (Lipinski definition) is 4. The molecule has 0 fully saturated rings. The Labute approximate surface area is 147 Å². The van der Waals surface area contributed by atoms with Crippen LogP contribution < -0.4 is 10.6 Å². The van der Waals surface area contributed by atoms with Crippen molar-refractivity contribution in [3.63, 3.8) is 0 Å². The highest BCUT2D eigenvalue weighted by Gasteiger charge is 2.14. The smallest absolute Gasteiger partial charge is 0.191 e. The van der Waals surface area contributed by atoms with Gasteiger partial charge in [-0.05, 0) is 36.8 Å². The lowest BCUT2D eigenvalue weighted by Gasteiger charge is -2.12. The van der Waals surface area contributed by atoms with Crippen molar-refractivity contribution in [2.75, 3.05) is 13.6 Å². The Kier molecular flexibility index (Phi) is 5.85. The van der Waals surface area contributed by atoms with Crippen LogP contribution >= 0.6 is 11.3 Å². The van der Waals surface area contributed by atoms with E-state index in [1.807, 2.05) is 0 Å². The zero-order valence-corrected chi connectivity index (χ0v) is 15.3. The maximum absolute atomic E-state index is 4.37. The van der Waals surface area contributed by atoms with E-state index >= 15 is 0 Å². The van der Waals surface area contributed by atoms with Gasteiger partial charge in [0.25, 0.3) is 0 Å². The number of guanidine groups is 1. The Bertz CT molecular complexity index is 687. The summed E-state index contributed by atoms with van der Waals surface area (Å²) in [6.07, 6.45) is 5.68. The van der Waals surface area contributed by atoms with E-state index < -0.39 is 0 Å². The molecule has 0 aliphatic carbocycles. The van der Waals surface area contributed by atoms with E-state index in [9.17, 15) is 0 Å². The fourth-order valence-electron chi connectivity index (χ4n) is 2.99. The molecular formula is C17H26N6S. The van der Waals surface area contributed by atoms with E-state index in [1.54, 1.807) is 18.4 Å². The topological polar surface area (TPSA) is 67.1 Å². The molecule has 0 aromatic carbocycles. The van der Waals surface area contributed by atoms with Crippen LogP contribution in [0.25, 0.3) is 0 Å². The number of aliphatic imine (C=N–C) groups is 1. The predicted octanol–water partition coefficient (Wildman–Crippen LogP) is 2.28. The Balaban J connectivity index is 1.48. The zero-order chi connectivity index (χ0) is 16.8. The molecule has 3 rings (SSSR count). The molecule has 2 aromatic rings. The summed E-state index contributed by atoms with van der Waals surface area (Å²) in [5, 5.41) is 17.6. The fourth-order valence-corrected chi connectivity index (χ4v) is 3.84. The zero-order valence-electron chi connectivity index (χ0n) is 14.5. The van der Waals surface area contributed by atoms with Crippen LogP contribution in [0.15, 0.2) is 16.4 Å². The average Bonchev–Trinajstić information content (AvgIpc) is 3.09. The second-order valence-corrected chi connectivity index (χ2v) is 7.12. The van der Waals surface area contributed by atoms with E-state index in [-0.39, 0.29) is 0 Å². The van der Waals surface area contributed by atoms with Gasteiger partial charge in [0.05, 0.1) is 6.54 Å². The van der Waals surface area contributed by atoms with E-state index in [4.69, 9.17) is 0 Å². The first-order valence-electron chi connectivity index (χ1n) is 8.66. The van der Waals surface area contributed by atoms with Crippen LogP contribution in [0.3, 0.4) is 0 Å². The minimum absolute atomic E-state index is 0.807. The summed E-state index contributed by atoms with van der Waals surface area (Å²) in [7, 11) is 1.81. The van der Waals surface area contributed by atoms with Crippen molar-refractivity contribution in [2.45, 2.75) is 52.1 Å². The van der Waals surface area contributed by atoms with Gasteiger partial charge < -0.3 is 15.2 Å². The Morgan fingerprint density at radius 1 is 1.29 bits per heavy atom. The number of aryl methyl sites for hydroxylation is 2. The standard InChI is InChI=1S/C17H26N6S/c1-13-8-11-24-14(13)12-20-17(18-2)19-9-7-16-22-21-15-6-4-3-5-10-23(15)16/h8,11H,3-7,9-10,12H2,1-2H3,(H2,18,19,20). The van der Waals surface area contributed by atoms with E-state index in [0.717, 1.165) is 50.1 Å². The molecule has 0 saturated heterocycles. The summed E-state index contributed by atoms with van der Waals surface area (Å²) >= 11 is 1.77. The highest BCUT2D eigenvalue weighted by atomic mass is 32.1. The summed E-state index contributed by atoms with van der Waals surface area (Å²) in [6, 6.07) is 2.15. The van der Waals surface area contributed by atoms with Gasteiger partial charge in [-0.3, -0.25) is 4.99 Å². The molecule has 0 unspecified atom stereocenters. The maximum Gasteiger partial charge on any atom is 0.191 e. The molecule has 7 heteroatoms. The lowest BCUT2D eigenvalue weighted by molar-refractivity contribution is 0.600. The van der Waals surface area contributed by atoms with Gasteiger partial charge in [0.1, 0.15) is 11.6 Å². The summed E-state index contributed by atoms with van der Waals surface area (Å²) < 4.78 is 2.31. The molecule has 6 nitrogen and oxygen atoms in total. The number of nitrogens with zero attached hydrogens (tertiary/aromatic N) is 4. The molecule has 0 amide bonds. The van der Waals surface area contributed by atoms with Crippen molar-refractivity contribution in [2.24, 2.45) is 4.99 Å². The number of fused-ring (bicyclic) bond motifs is 1. The molecule has 0 spiro atoms. The van der Waals surface area contributed by atoms with Gasteiger partial charge in [-0.25, -0.2) is 0 Å². The molecule has 130 valence electrons. The van der Waals surface area contributed by atoms with Crippen LogP contribution in [0.5, 0.6) is 0 Å². The molecule has 3 heterocycles. The van der Waals surface area contributed by atoms with Crippen LogP contribution in [0.1, 0.15) is 41.4 Å². The minimum atomic E-state index is 0.807. The molecule has 0 saturated carbocycles. The Morgan fingerprint density at radius 3 is 3.00 bits per heavy atom. The van der Waals surface area contributed by atoms with Gasteiger partial charge >= 0.3 is 0 Å². The van der Waals surface area contributed by atoms with Crippen LogP contribution in [-0.2, 0) is 25.9 Å². The molecular weight excluding hydrogens is 320 g/mol. The maximum atomic E-state index is 4.37. The lowest BCUT2D eigenvalue weighted by atomic mass is 10.2. The van der Waals surface area contributed by atoms with Crippen molar-refractivity contribution in [3.05, 3.63) is 33.5 Å².